The van der Waals surface area contributed by atoms with Crippen LogP contribution in [0, 0.1) is 0 Å². The highest BCUT2D eigenvalue weighted by Gasteiger charge is 2.13. The first-order chi connectivity index (χ1) is 12.2. The zero-order valence-electron chi connectivity index (χ0n) is 14.2. The third kappa shape index (κ3) is 3.97. The van der Waals surface area contributed by atoms with Crippen molar-refractivity contribution in [3.05, 3.63) is 60.0 Å². The fourth-order valence-electron chi connectivity index (χ4n) is 2.42. The van der Waals surface area contributed by atoms with Gasteiger partial charge in [0.05, 0.1) is 18.8 Å². The molecule has 0 aliphatic heterocycles. The molecule has 130 valence electrons. The number of para-hydroxylation sites is 1. The number of aliphatic hydroxyl groups excluding tert-OH is 1. The van der Waals surface area contributed by atoms with Crippen LogP contribution in [0.25, 0.3) is 11.4 Å². The number of methoxy groups -OCH3 is 1. The second-order valence-corrected chi connectivity index (χ2v) is 5.49. The maximum atomic E-state index is 9.80. The van der Waals surface area contributed by atoms with Crippen molar-refractivity contribution in [3.63, 3.8) is 0 Å². The van der Waals surface area contributed by atoms with Crippen LogP contribution in [0.15, 0.2) is 53.1 Å². The Morgan fingerprint density at radius 2 is 1.88 bits per heavy atom. The van der Waals surface area contributed by atoms with Gasteiger partial charge in [0.2, 0.25) is 5.82 Å². The van der Waals surface area contributed by atoms with Crippen molar-refractivity contribution >= 4 is 0 Å². The number of rotatable bonds is 7. The average molecular weight is 340 g/mol. The van der Waals surface area contributed by atoms with Crippen molar-refractivity contribution in [1.82, 2.24) is 10.1 Å². The molecule has 0 fully saturated rings. The summed E-state index contributed by atoms with van der Waals surface area (Å²) in [5.41, 5.74) is 1.63. The summed E-state index contributed by atoms with van der Waals surface area (Å²) < 4.78 is 16.2. The molecule has 6 heteroatoms. The smallest absolute Gasteiger partial charge is 0.264 e. The van der Waals surface area contributed by atoms with Gasteiger partial charge in [-0.25, -0.2) is 0 Å². The zero-order chi connectivity index (χ0) is 17.6. The number of hydrogen-bond donors (Lipinski definition) is 1. The molecule has 25 heavy (non-hydrogen) atoms. The molecule has 1 atom stereocenters. The summed E-state index contributed by atoms with van der Waals surface area (Å²) in [7, 11) is 1.60. The molecule has 1 N–H and O–H groups in total. The molecule has 0 saturated heterocycles. The maximum Gasteiger partial charge on any atom is 0.264 e. The fraction of sp³-hybridized carbons (Fsp3) is 0.263. The second kappa shape index (κ2) is 7.81. The Hall–Kier alpha value is -2.86. The third-order valence-electron chi connectivity index (χ3n) is 3.83. The fourth-order valence-corrected chi connectivity index (χ4v) is 2.42. The van der Waals surface area contributed by atoms with Crippen LogP contribution in [0.1, 0.15) is 30.9 Å². The van der Waals surface area contributed by atoms with Crippen LogP contribution in [0.5, 0.6) is 11.5 Å². The standard InChI is InChI=1S/C19H20N2O4/c1-3-16(22)13-8-10-14(11-9-13)24-12-18-20-19(21-25-18)15-6-4-5-7-17(15)23-2/h4-11,16,22H,3,12H2,1-2H3. The molecule has 0 aliphatic rings. The first-order valence-corrected chi connectivity index (χ1v) is 8.08. The highest BCUT2D eigenvalue weighted by Crippen LogP contribution is 2.27. The summed E-state index contributed by atoms with van der Waals surface area (Å²) in [6.07, 6.45) is 0.224. The maximum absolute atomic E-state index is 9.80. The van der Waals surface area contributed by atoms with Crippen LogP contribution in [0.3, 0.4) is 0 Å². The lowest BCUT2D eigenvalue weighted by Gasteiger charge is -2.09. The van der Waals surface area contributed by atoms with Crippen LogP contribution >= 0.6 is 0 Å². The molecule has 1 aromatic heterocycles. The zero-order valence-corrected chi connectivity index (χ0v) is 14.2. The SMILES string of the molecule is CCC(O)c1ccc(OCc2nc(-c3ccccc3OC)no2)cc1. The molecule has 0 amide bonds. The molecule has 2 aromatic carbocycles. The van der Waals surface area contributed by atoms with Gasteiger partial charge in [0.1, 0.15) is 11.5 Å². The van der Waals surface area contributed by atoms with E-state index in [0.29, 0.717) is 29.6 Å². The highest BCUT2D eigenvalue weighted by atomic mass is 16.5. The summed E-state index contributed by atoms with van der Waals surface area (Å²) >= 11 is 0. The number of aliphatic hydroxyl groups is 1. The van der Waals surface area contributed by atoms with Crippen molar-refractivity contribution in [1.29, 1.82) is 0 Å². The summed E-state index contributed by atoms with van der Waals surface area (Å²) in [5, 5.41) is 13.8. The second-order valence-electron chi connectivity index (χ2n) is 5.49. The first kappa shape index (κ1) is 17.0. The lowest BCUT2D eigenvalue weighted by atomic mass is 10.1. The van der Waals surface area contributed by atoms with Gasteiger partial charge in [-0.2, -0.15) is 4.98 Å². The lowest BCUT2D eigenvalue weighted by molar-refractivity contribution is 0.173. The number of nitrogens with zero attached hydrogens (tertiary/aromatic N) is 2. The predicted molar refractivity (Wildman–Crippen MR) is 92.3 cm³/mol. The largest absolute Gasteiger partial charge is 0.496 e. The lowest BCUT2D eigenvalue weighted by Crippen LogP contribution is -1.98. The molecule has 3 rings (SSSR count). The third-order valence-corrected chi connectivity index (χ3v) is 3.83. The number of hydrogen-bond acceptors (Lipinski definition) is 6. The molecule has 6 nitrogen and oxygen atoms in total. The van der Waals surface area contributed by atoms with Crippen molar-refractivity contribution in [3.8, 4) is 22.9 Å². The molecule has 0 radical (unpaired) electrons. The Labute approximate surface area is 146 Å². The minimum Gasteiger partial charge on any atom is -0.496 e. The van der Waals surface area contributed by atoms with Gasteiger partial charge in [-0.3, -0.25) is 0 Å². The van der Waals surface area contributed by atoms with Crippen molar-refractivity contribution in [2.45, 2.75) is 26.1 Å². The Morgan fingerprint density at radius 1 is 1.12 bits per heavy atom. The minimum absolute atomic E-state index is 0.165. The normalized spacial score (nSPS) is 12.0. The molecular weight excluding hydrogens is 320 g/mol. The van der Waals surface area contributed by atoms with Gasteiger partial charge >= 0.3 is 0 Å². The van der Waals surface area contributed by atoms with Gasteiger partial charge in [0.25, 0.3) is 5.89 Å². The Kier molecular flexibility index (Phi) is 5.30. The minimum atomic E-state index is -0.451. The van der Waals surface area contributed by atoms with Crippen LogP contribution < -0.4 is 9.47 Å². The van der Waals surface area contributed by atoms with Crippen LogP contribution in [-0.4, -0.2) is 22.4 Å². The average Bonchev–Trinajstić information content (AvgIpc) is 3.15. The summed E-state index contributed by atoms with van der Waals surface area (Å²) in [5.74, 6) is 2.18. The molecular formula is C19H20N2O4. The van der Waals surface area contributed by atoms with E-state index in [1.165, 1.54) is 0 Å². The van der Waals surface area contributed by atoms with Gasteiger partial charge in [-0.1, -0.05) is 36.3 Å². The van der Waals surface area contributed by atoms with E-state index in [2.05, 4.69) is 10.1 Å². The molecule has 0 bridgehead atoms. The molecule has 1 heterocycles. The Bertz CT molecular complexity index is 814. The van der Waals surface area contributed by atoms with E-state index in [9.17, 15) is 5.11 Å². The number of aromatic nitrogens is 2. The van der Waals surface area contributed by atoms with E-state index in [4.69, 9.17) is 14.0 Å². The van der Waals surface area contributed by atoms with Crippen molar-refractivity contribution in [2.24, 2.45) is 0 Å². The topological polar surface area (TPSA) is 77.6 Å². The van der Waals surface area contributed by atoms with Gasteiger partial charge in [-0.15, -0.1) is 0 Å². The number of benzene rings is 2. The Balaban J connectivity index is 1.66. The van der Waals surface area contributed by atoms with Gasteiger partial charge < -0.3 is 19.1 Å². The molecule has 0 spiro atoms. The summed E-state index contributed by atoms with van der Waals surface area (Å²) in [6.45, 7) is 2.10. The molecule has 0 saturated carbocycles. The highest BCUT2D eigenvalue weighted by molar-refractivity contribution is 5.63. The van der Waals surface area contributed by atoms with Crippen LogP contribution in [-0.2, 0) is 6.61 Å². The molecule has 3 aromatic rings. The summed E-state index contributed by atoms with van der Waals surface area (Å²) in [4.78, 5) is 4.34. The quantitative estimate of drug-likeness (QED) is 0.705. The van der Waals surface area contributed by atoms with Gasteiger partial charge in [-0.05, 0) is 36.2 Å². The first-order valence-electron chi connectivity index (χ1n) is 8.08. The van der Waals surface area contributed by atoms with Crippen LogP contribution in [0.4, 0.5) is 0 Å². The molecule has 1 unspecified atom stereocenters. The van der Waals surface area contributed by atoms with E-state index >= 15 is 0 Å². The number of ether oxygens (including phenoxy) is 2. The Morgan fingerprint density at radius 3 is 2.60 bits per heavy atom. The predicted octanol–water partition coefficient (Wildman–Crippen LogP) is 3.77. The van der Waals surface area contributed by atoms with Gasteiger partial charge in [0.15, 0.2) is 6.61 Å². The molecule has 0 aliphatic carbocycles. The van der Waals surface area contributed by atoms with Crippen molar-refractivity contribution in [2.75, 3.05) is 7.11 Å². The summed E-state index contributed by atoms with van der Waals surface area (Å²) in [6, 6.07) is 14.8. The van der Waals surface area contributed by atoms with E-state index in [1.54, 1.807) is 7.11 Å². The van der Waals surface area contributed by atoms with Gasteiger partial charge in [0, 0.05) is 0 Å². The van der Waals surface area contributed by atoms with E-state index in [1.807, 2.05) is 55.5 Å². The van der Waals surface area contributed by atoms with Crippen molar-refractivity contribution < 1.29 is 19.1 Å². The monoisotopic (exact) mass is 340 g/mol. The van der Waals surface area contributed by atoms with E-state index in [0.717, 1.165) is 11.1 Å². The van der Waals surface area contributed by atoms with Crippen LogP contribution in [0.2, 0.25) is 0 Å². The van der Waals surface area contributed by atoms with E-state index in [-0.39, 0.29) is 6.61 Å². The van der Waals surface area contributed by atoms with E-state index < -0.39 is 6.10 Å².